The summed E-state index contributed by atoms with van der Waals surface area (Å²) in [5.74, 6) is -1.03. The predicted octanol–water partition coefficient (Wildman–Crippen LogP) is 2.02. The zero-order valence-corrected chi connectivity index (χ0v) is 19.9. The first-order chi connectivity index (χ1) is 15.6. The third kappa shape index (κ3) is 5.70. The van der Waals surface area contributed by atoms with Gasteiger partial charge in [0, 0.05) is 11.3 Å². The van der Waals surface area contributed by atoms with Gasteiger partial charge in [0.25, 0.3) is 21.8 Å². The van der Waals surface area contributed by atoms with Gasteiger partial charge in [-0.1, -0.05) is 50.1 Å². The van der Waals surface area contributed by atoms with Gasteiger partial charge in [0.2, 0.25) is 0 Å². The van der Waals surface area contributed by atoms with E-state index in [0.717, 1.165) is 16.8 Å². The molecule has 0 saturated carbocycles. The summed E-state index contributed by atoms with van der Waals surface area (Å²) in [5.41, 5.74) is 8.19. The maximum atomic E-state index is 12.8. The average molecular weight is 472 g/mol. The summed E-state index contributed by atoms with van der Waals surface area (Å²) in [6, 6.07) is 11.4. The van der Waals surface area contributed by atoms with Crippen LogP contribution in [0.1, 0.15) is 37.0 Å². The molecular weight excluding hydrogens is 442 g/mol. The number of hydrogen-bond donors (Lipinski definition) is 4. The van der Waals surface area contributed by atoms with Crippen LogP contribution in [0.5, 0.6) is 0 Å². The van der Waals surface area contributed by atoms with Crippen LogP contribution in [0.15, 0.2) is 52.4 Å². The number of carbonyl (C=O) groups is 2. The molecule has 2 aromatic carbocycles. The normalized spacial score (nSPS) is 16.9. The van der Waals surface area contributed by atoms with Crippen molar-refractivity contribution in [1.82, 2.24) is 15.6 Å². The molecular formula is C23H29N5O4S. The van der Waals surface area contributed by atoms with Gasteiger partial charge in [-0.2, -0.15) is 0 Å². The zero-order chi connectivity index (χ0) is 24.2. The number of hydrazine groups is 1. The Labute approximate surface area is 194 Å². The standard InChI is InChI=1S/C23H29N5O4S/c1-5-15(3)21(25-22-17-8-6-7-9-19(17)33(31,32)28-22)23(30)27-26-20(29)13-24-18-11-10-14(2)12-16(18)4/h6-12,15,21,24H,5,13H2,1-4H3,(H,25,28)(H,26,29)(H,27,30)/t15-,21-/m0/s1. The van der Waals surface area contributed by atoms with E-state index in [9.17, 15) is 18.0 Å². The van der Waals surface area contributed by atoms with Crippen LogP contribution in [0.4, 0.5) is 5.69 Å². The molecule has 0 aromatic heterocycles. The number of sulfonamides is 1. The van der Waals surface area contributed by atoms with Crippen molar-refractivity contribution in [2.45, 2.75) is 45.1 Å². The minimum atomic E-state index is -3.71. The lowest BCUT2D eigenvalue weighted by molar-refractivity contribution is -0.129. The molecule has 33 heavy (non-hydrogen) atoms. The first kappa shape index (κ1) is 24.2. The number of nitrogens with zero attached hydrogens (tertiary/aromatic N) is 1. The smallest absolute Gasteiger partial charge is 0.263 e. The van der Waals surface area contributed by atoms with Crippen molar-refractivity contribution in [3.8, 4) is 0 Å². The SMILES string of the molecule is CC[C@H](C)[C@H](N=C1NS(=O)(=O)c2ccccc21)C(=O)NNC(=O)CNc1ccc(C)cc1C. The molecule has 1 heterocycles. The molecule has 0 fully saturated rings. The molecule has 0 unspecified atom stereocenters. The van der Waals surface area contributed by atoms with Gasteiger partial charge in [0.15, 0.2) is 0 Å². The highest BCUT2D eigenvalue weighted by Gasteiger charge is 2.33. The average Bonchev–Trinajstić information content (AvgIpc) is 3.04. The van der Waals surface area contributed by atoms with Crippen molar-refractivity contribution >= 4 is 33.4 Å². The molecule has 1 aliphatic heterocycles. The molecule has 0 saturated heterocycles. The van der Waals surface area contributed by atoms with E-state index in [2.05, 4.69) is 25.9 Å². The molecule has 1 aliphatic rings. The lowest BCUT2D eigenvalue weighted by Crippen LogP contribution is -2.49. The van der Waals surface area contributed by atoms with Gasteiger partial charge in [0.05, 0.1) is 11.4 Å². The quantitative estimate of drug-likeness (QED) is 0.459. The molecule has 3 rings (SSSR count). The van der Waals surface area contributed by atoms with E-state index in [1.54, 1.807) is 18.2 Å². The summed E-state index contributed by atoms with van der Waals surface area (Å²) < 4.78 is 27.1. The van der Waals surface area contributed by atoms with Crippen molar-refractivity contribution < 1.29 is 18.0 Å². The highest BCUT2D eigenvalue weighted by atomic mass is 32.2. The van der Waals surface area contributed by atoms with Crippen molar-refractivity contribution in [3.05, 3.63) is 59.2 Å². The summed E-state index contributed by atoms with van der Waals surface area (Å²) in [5, 5.41) is 3.04. The minimum Gasteiger partial charge on any atom is -0.376 e. The fourth-order valence-corrected chi connectivity index (χ4v) is 4.71. The Morgan fingerprint density at radius 1 is 1.09 bits per heavy atom. The minimum absolute atomic E-state index is 0.0279. The monoisotopic (exact) mass is 471 g/mol. The highest BCUT2D eigenvalue weighted by molar-refractivity contribution is 7.90. The van der Waals surface area contributed by atoms with Gasteiger partial charge in [-0.3, -0.25) is 30.2 Å². The van der Waals surface area contributed by atoms with E-state index >= 15 is 0 Å². The molecule has 4 N–H and O–H groups in total. The lowest BCUT2D eigenvalue weighted by Gasteiger charge is -2.20. The van der Waals surface area contributed by atoms with Crippen LogP contribution in [0.25, 0.3) is 0 Å². The molecule has 2 atom stereocenters. The van der Waals surface area contributed by atoms with E-state index in [1.807, 2.05) is 45.9 Å². The third-order valence-electron chi connectivity index (χ3n) is 5.53. The van der Waals surface area contributed by atoms with Crippen LogP contribution >= 0.6 is 0 Å². The van der Waals surface area contributed by atoms with E-state index in [-0.39, 0.29) is 23.2 Å². The highest BCUT2D eigenvalue weighted by Crippen LogP contribution is 2.24. The summed E-state index contributed by atoms with van der Waals surface area (Å²) >= 11 is 0. The van der Waals surface area contributed by atoms with Crippen molar-refractivity contribution in [1.29, 1.82) is 0 Å². The maximum Gasteiger partial charge on any atom is 0.263 e. The number of rotatable bonds is 7. The van der Waals surface area contributed by atoms with E-state index in [0.29, 0.717) is 12.0 Å². The molecule has 0 aliphatic carbocycles. The summed E-state index contributed by atoms with van der Waals surface area (Å²) in [4.78, 5) is 29.6. The first-order valence-electron chi connectivity index (χ1n) is 10.7. The van der Waals surface area contributed by atoms with E-state index in [1.165, 1.54) is 6.07 Å². The Morgan fingerprint density at radius 3 is 2.52 bits per heavy atom. The van der Waals surface area contributed by atoms with Crippen LogP contribution in [-0.4, -0.2) is 38.7 Å². The van der Waals surface area contributed by atoms with Crippen molar-refractivity contribution in [2.75, 3.05) is 11.9 Å². The Kier molecular flexibility index (Phi) is 7.37. The molecule has 2 amide bonds. The summed E-state index contributed by atoms with van der Waals surface area (Å²) in [7, 11) is -3.71. The van der Waals surface area contributed by atoms with Gasteiger partial charge in [-0.15, -0.1) is 0 Å². The second-order valence-electron chi connectivity index (χ2n) is 8.12. The molecule has 0 spiro atoms. The van der Waals surface area contributed by atoms with Crippen LogP contribution in [-0.2, 0) is 19.6 Å². The molecule has 2 aromatic rings. The third-order valence-corrected chi connectivity index (χ3v) is 6.93. The Bertz CT molecular complexity index is 1190. The lowest BCUT2D eigenvalue weighted by atomic mass is 9.99. The second kappa shape index (κ2) is 10.0. The molecule has 0 bridgehead atoms. The predicted molar refractivity (Wildman–Crippen MR) is 127 cm³/mol. The number of aliphatic imine (C=N–C) groups is 1. The Morgan fingerprint density at radius 2 is 1.82 bits per heavy atom. The number of amides is 2. The Hall–Kier alpha value is -3.40. The van der Waals surface area contributed by atoms with Gasteiger partial charge >= 0.3 is 0 Å². The maximum absolute atomic E-state index is 12.8. The van der Waals surface area contributed by atoms with Gasteiger partial charge < -0.3 is 5.32 Å². The number of benzene rings is 2. The topological polar surface area (TPSA) is 129 Å². The van der Waals surface area contributed by atoms with Crippen LogP contribution < -0.4 is 20.9 Å². The molecule has 176 valence electrons. The van der Waals surface area contributed by atoms with E-state index < -0.39 is 27.9 Å². The molecule has 0 radical (unpaired) electrons. The van der Waals surface area contributed by atoms with Crippen molar-refractivity contribution in [3.63, 3.8) is 0 Å². The number of carbonyl (C=O) groups excluding carboxylic acids is 2. The number of nitrogens with one attached hydrogen (secondary N) is 4. The zero-order valence-electron chi connectivity index (χ0n) is 19.1. The summed E-state index contributed by atoms with van der Waals surface area (Å²) in [6.45, 7) is 7.66. The number of aryl methyl sites for hydroxylation is 2. The fourth-order valence-electron chi connectivity index (χ4n) is 3.47. The van der Waals surface area contributed by atoms with Crippen LogP contribution in [0, 0.1) is 19.8 Å². The van der Waals surface area contributed by atoms with Gasteiger partial charge in [0.1, 0.15) is 11.9 Å². The van der Waals surface area contributed by atoms with Gasteiger partial charge in [-0.05, 0) is 43.5 Å². The molecule has 9 nitrogen and oxygen atoms in total. The largest absolute Gasteiger partial charge is 0.376 e. The first-order valence-corrected chi connectivity index (χ1v) is 12.2. The van der Waals surface area contributed by atoms with E-state index in [4.69, 9.17) is 0 Å². The number of anilines is 1. The summed E-state index contributed by atoms with van der Waals surface area (Å²) in [6.07, 6.45) is 0.630. The van der Waals surface area contributed by atoms with Gasteiger partial charge in [-0.25, -0.2) is 8.42 Å². The number of fused-ring (bicyclic) bond motifs is 1. The van der Waals surface area contributed by atoms with Crippen LogP contribution in [0.3, 0.4) is 0 Å². The van der Waals surface area contributed by atoms with Crippen molar-refractivity contribution in [2.24, 2.45) is 10.9 Å². The fraction of sp³-hybridized carbons (Fsp3) is 0.348. The Balaban J connectivity index is 1.67. The number of amidine groups is 1. The second-order valence-corrected chi connectivity index (χ2v) is 9.77. The molecule has 10 heteroatoms. The van der Waals surface area contributed by atoms with Crippen LogP contribution in [0.2, 0.25) is 0 Å². The number of hydrogen-bond acceptors (Lipinski definition) is 6.